The number of hydrazine groups is 1. The van der Waals surface area contributed by atoms with Crippen molar-refractivity contribution in [2.75, 3.05) is 5.73 Å². The van der Waals surface area contributed by atoms with E-state index in [0.717, 1.165) is 19.3 Å². The molecule has 112 valence electrons. The number of nitrogen functional groups attached to an aromatic ring is 1. The Morgan fingerprint density at radius 1 is 1.25 bits per heavy atom. The van der Waals surface area contributed by atoms with Crippen LogP contribution in [0, 0.1) is 6.92 Å². The fourth-order valence-corrected chi connectivity index (χ4v) is 4.23. The van der Waals surface area contributed by atoms with Gasteiger partial charge in [-0.3, -0.25) is 0 Å². The summed E-state index contributed by atoms with van der Waals surface area (Å²) in [6, 6.07) is 5.28. The van der Waals surface area contributed by atoms with Crippen LogP contribution < -0.4 is 10.6 Å². The first-order valence-electron chi connectivity index (χ1n) is 6.98. The molecule has 1 aromatic rings. The van der Waals surface area contributed by atoms with E-state index in [4.69, 9.17) is 5.73 Å². The summed E-state index contributed by atoms with van der Waals surface area (Å²) in [5.41, 5.74) is 6.91. The molecule has 20 heavy (non-hydrogen) atoms. The van der Waals surface area contributed by atoms with Crippen LogP contribution in [0.15, 0.2) is 23.1 Å². The smallest absolute Gasteiger partial charge is 0.253 e. The van der Waals surface area contributed by atoms with Crippen LogP contribution in [0.3, 0.4) is 0 Å². The molecule has 1 fully saturated rings. The van der Waals surface area contributed by atoms with E-state index in [-0.39, 0.29) is 17.0 Å². The molecule has 2 rings (SSSR count). The van der Waals surface area contributed by atoms with Gasteiger partial charge in [-0.1, -0.05) is 6.42 Å². The lowest BCUT2D eigenvalue weighted by atomic mass is 10.0. The second-order valence-electron chi connectivity index (χ2n) is 5.66. The van der Waals surface area contributed by atoms with Gasteiger partial charge in [0, 0.05) is 17.8 Å². The third-order valence-electron chi connectivity index (χ3n) is 3.91. The quantitative estimate of drug-likeness (QED) is 0.837. The number of hydrogen-bond donors (Lipinski definition) is 2. The lowest BCUT2D eigenvalue weighted by molar-refractivity contribution is 0.0790. The molecule has 0 amide bonds. The number of nitrogens with zero attached hydrogens (tertiary/aromatic N) is 1. The summed E-state index contributed by atoms with van der Waals surface area (Å²) in [5, 5.41) is 1.86. The molecule has 0 bridgehead atoms. The van der Waals surface area contributed by atoms with Crippen LogP contribution in [-0.4, -0.2) is 25.5 Å². The standard InChI is InChI=1S/C14H23N3O2S/c1-10-9-13(15)7-8-14(10)20(18,19)16-17-11(2)5-4-6-12(17)3/h7-9,11-12,16H,4-6,15H2,1-3H3. The van der Waals surface area contributed by atoms with Crippen LogP contribution in [0.1, 0.15) is 38.7 Å². The summed E-state index contributed by atoms with van der Waals surface area (Å²) < 4.78 is 25.1. The Hall–Kier alpha value is -1.11. The van der Waals surface area contributed by atoms with Crippen molar-refractivity contribution in [3.05, 3.63) is 23.8 Å². The van der Waals surface area contributed by atoms with Crippen molar-refractivity contribution in [1.29, 1.82) is 0 Å². The van der Waals surface area contributed by atoms with Gasteiger partial charge in [0.2, 0.25) is 0 Å². The minimum absolute atomic E-state index is 0.211. The predicted octanol–water partition coefficient (Wildman–Crippen LogP) is 2.03. The van der Waals surface area contributed by atoms with Crippen LogP contribution in [0.5, 0.6) is 0 Å². The van der Waals surface area contributed by atoms with Gasteiger partial charge < -0.3 is 5.73 Å². The second-order valence-corrected chi connectivity index (χ2v) is 7.29. The molecule has 6 heteroatoms. The molecule has 1 aliphatic rings. The Balaban J connectivity index is 2.26. The number of piperidine rings is 1. The number of rotatable bonds is 3. The summed E-state index contributed by atoms with van der Waals surface area (Å²) in [6.07, 6.45) is 3.16. The lowest BCUT2D eigenvalue weighted by Crippen LogP contribution is -2.54. The number of anilines is 1. The Kier molecular flexibility index (Phi) is 4.36. The summed E-state index contributed by atoms with van der Waals surface area (Å²) >= 11 is 0. The molecule has 0 spiro atoms. The van der Waals surface area contributed by atoms with Gasteiger partial charge in [-0.05, 0) is 57.4 Å². The van der Waals surface area contributed by atoms with E-state index in [1.54, 1.807) is 25.1 Å². The molecular weight excluding hydrogens is 274 g/mol. The highest BCUT2D eigenvalue weighted by molar-refractivity contribution is 7.89. The van der Waals surface area contributed by atoms with Gasteiger partial charge in [-0.25, -0.2) is 13.4 Å². The van der Waals surface area contributed by atoms with Gasteiger partial charge in [-0.2, -0.15) is 0 Å². The van der Waals surface area contributed by atoms with Crippen LogP contribution >= 0.6 is 0 Å². The Morgan fingerprint density at radius 3 is 2.40 bits per heavy atom. The zero-order chi connectivity index (χ0) is 14.9. The monoisotopic (exact) mass is 297 g/mol. The maximum atomic E-state index is 12.5. The zero-order valence-corrected chi connectivity index (χ0v) is 13.1. The Labute approximate surface area is 121 Å². The molecular formula is C14H23N3O2S. The average molecular weight is 297 g/mol. The normalized spacial score (nSPS) is 24.8. The van der Waals surface area contributed by atoms with E-state index >= 15 is 0 Å². The first-order chi connectivity index (χ1) is 9.31. The van der Waals surface area contributed by atoms with E-state index in [1.165, 1.54) is 0 Å². The third-order valence-corrected chi connectivity index (χ3v) is 5.40. The van der Waals surface area contributed by atoms with E-state index in [2.05, 4.69) is 4.83 Å². The SMILES string of the molecule is Cc1cc(N)ccc1S(=O)(=O)NN1C(C)CCCC1C. The largest absolute Gasteiger partial charge is 0.399 e. The van der Waals surface area contributed by atoms with Crippen LogP contribution in [0.25, 0.3) is 0 Å². The molecule has 0 aromatic heterocycles. The molecule has 1 aromatic carbocycles. The molecule has 2 unspecified atom stereocenters. The molecule has 3 N–H and O–H groups in total. The number of nitrogens with two attached hydrogens (primary N) is 1. The Morgan fingerprint density at radius 2 is 1.85 bits per heavy atom. The Bertz CT molecular complexity index is 576. The highest BCUT2D eigenvalue weighted by Gasteiger charge is 2.29. The van der Waals surface area contributed by atoms with Gasteiger partial charge in [0.05, 0.1) is 4.90 Å². The van der Waals surface area contributed by atoms with E-state index < -0.39 is 10.0 Å². The number of benzene rings is 1. The van der Waals surface area contributed by atoms with Gasteiger partial charge in [0.1, 0.15) is 0 Å². The number of sulfonamides is 1. The van der Waals surface area contributed by atoms with Gasteiger partial charge in [0.15, 0.2) is 0 Å². The highest BCUT2D eigenvalue weighted by Crippen LogP contribution is 2.23. The van der Waals surface area contributed by atoms with Crippen molar-refractivity contribution in [2.45, 2.75) is 57.0 Å². The maximum absolute atomic E-state index is 12.5. The zero-order valence-electron chi connectivity index (χ0n) is 12.3. The lowest BCUT2D eigenvalue weighted by Gasteiger charge is -2.38. The minimum atomic E-state index is -3.55. The molecule has 2 atom stereocenters. The van der Waals surface area contributed by atoms with Gasteiger partial charge in [-0.15, -0.1) is 4.83 Å². The van der Waals surface area contributed by atoms with E-state index in [0.29, 0.717) is 11.3 Å². The van der Waals surface area contributed by atoms with Crippen molar-refractivity contribution in [2.24, 2.45) is 0 Å². The average Bonchev–Trinajstić information content (AvgIpc) is 2.33. The van der Waals surface area contributed by atoms with Crippen molar-refractivity contribution in [1.82, 2.24) is 9.84 Å². The van der Waals surface area contributed by atoms with Crippen molar-refractivity contribution in [3.8, 4) is 0 Å². The van der Waals surface area contributed by atoms with Crippen LogP contribution in [-0.2, 0) is 10.0 Å². The topological polar surface area (TPSA) is 75.4 Å². The molecule has 1 saturated heterocycles. The number of aryl methyl sites for hydroxylation is 1. The summed E-state index contributed by atoms with van der Waals surface area (Å²) in [5.74, 6) is 0. The maximum Gasteiger partial charge on any atom is 0.253 e. The predicted molar refractivity (Wildman–Crippen MR) is 80.5 cm³/mol. The molecule has 1 aliphatic heterocycles. The van der Waals surface area contributed by atoms with Crippen LogP contribution in [0.4, 0.5) is 5.69 Å². The van der Waals surface area contributed by atoms with E-state index in [9.17, 15) is 8.42 Å². The summed E-state index contributed by atoms with van der Waals surface area (Å²) in [6.45, 7) is 5.86. The van der Waals surface area contributed by atoms with E-state index in [1.807, 2.05) is 18.9 Å². The van der Waals surface area contributed by atoms with Crippen LogP contribution in [0.2, 0.25) is 0 Å². The minimum Gasteiger partial charge on any atom is -0.399 e. The molecule has 0 radical (unpaired) electrons. The van der Waals surface area contributed by atoms with Crippen molar-refractivity contribution in [3.63, 3.8) is 0 Å². The van der Waals surface area contributed by atoms with Gasteiger partial charge >= 0.3 is 0 Å². The van der Waals surface area contributed by atoms with Crippen molar-refractivity contribution >= 4 is 15.7 Å². The number of hydrogen-bond acceptors (Lipinski definition) is 4. The summed E-state index contributed by atoms with van der Waals surface area (Å²) in [7, 11) is -3.55. The van der Waals surface area contributed by atoms with Gasteiger partial charge in [0.25, 0.3) is 10.0 Å². The molecule has 0 saturated carbocycles. The molecule has 0 aliphatic carbocycles. The fourth-order valence-electron chi connectivity index (χ4n) is 2.76. The fraction of sp³-hybridized carbons (Fsp3) is 0.571. The molecule has 5 nitrogen and oxygen atoms in total. The highest BCUT2D eigenvalue weighted by atomic mass is 32.2. The first-order valence-corrected chi connectivity index (χ1v) is 8.46. The summed E-state index contributed by atoms with van der Waals surface area (Å²) in [4.78, 5) is 3.02. The number of nitrogens with one attached hydrogen (secondary N) is 1. The molecule has 1 heterocycles. The third kappa shape index (κ3) is 3.13. The first kappa shape index (κ1) is 15.3. The second kappa shape index (κ2) is 5.71. The van der Waals surface area contributed by atoms with Crippen molar-refractivity contribution < 1.29 is 8.42 Å².